The number of carboxylic acids is 1. The van der Waals surface area contributed by atoms with Crippen molar-refractivity contribution in [2.24, 2.45) is 0 Å². The molecule has 1 saturated heterocycles. The molecule has 0 spiro atoms. The molecule has 0 bridgehead atoms. The van der Waals surface area contributed by atoms with Crippen LogP contribution in [0.5, 0.6) is 0 Å². The third-order valence-corrected chi connectivity index (χ3v) is 3.40. The topological polar surface area (TPSA) is 117 Å². The van der Waals surface area contributed by atoms with Crippen LogP contribution in [0, 0.1) is 10.1 Å². The maximum absolute atomic E-state index is 11.3. The minimum absolute atomic E-state index is 0.0995. The maximum Gasteiger partial charge on any atom is 0.339 e. The SMILES string of the molecule is O=C(O)c1cc([N+](=O)[O-])cnc1N1CCCCC1CO. The van der Waals surface area contributed by atoms with E-state index >= 15 is 0 Å². The van der Waals surface area contributed by atoms with Crippen molar-refractivity contribution in [2.75, 3.05) is 18.1 Å². The summed E-state index contributed by atoms with van der Waals surface area (Å²) in [5.41, 5.74) is -0.566. The van der Waals surface area contributed by atoms with E-state index in [9.17, 15) is 25.1 Å². The van der Waals surface area contributed by atoms with E-state index in [1.807, 2.05) is 0 Å². The highest BCUT2D eigenvalue weighted by Crippen LogP contribution is 2.28. The van der Waals surface area contributed by atoms with Crippen LogP contribution in [-0.2, 0) is 0 Å². The molecule has 0 aliphatic carbocycles. The van der Waals surface area contributed by atoms with Crippen molar-refractivity contribution in [2.45, 2.75) is 25.3 Å². The predicted octanol–water partition coefficient (Wildman–Crippen LogP) is 1.04. The quantitative estimate of drug-likeness (QED) is 0.625. The number of hydrogen-bond donors (Lipinski definition) is 2. The van der Waals surface area contributed by atoms with Gasteiger partial charge in [-0.25, -0.2) is 9.78 Å². The maximum atomic E-state index is 11.3. The van der Waals surface area contributed by atoms with Gasteiger partial charge in [0, 0.05) is 12.6 Å². The fourth-order valence-corrected chi connectivity index (χ4v) is 2.40. The van der Waals surface area contributed by atoms with Gasteiger partial charge in [0.05, 0.1) is 17.6 Å². The number of aliphatic hydroxyl groups excluding tert-OH is 1. The number of nitrogens with zero attached hydrogens (tertiary/aromatic N) is 3. The molecule has 8 nitrogen and oxygen atoms in total. The van der Waals surface area contributed by atoms with Crippen LogP contribution in [0.4, 0.5) is 11.5 Å². The van der Waals surface area contributed by atoms with Gasteiger partial charge in [-0.1, -0.05) is 0 Å². The summed E-state index contributed by atoms with van der Waals surface area (Å²) in [5.74, 6) is -1.08. The highest BCUT2D eigenvalue weighted by atomic mass is 16.6. The molecule has 0 aromatic carbocycles. The molecule has 1 aliphatic heterocycles. The highest BCUT2D eigenvalue weighted by molar-refractivity contribution is 5.94. The number of aromatic nitrogens is 1. The van der Waals surface area contributed by atoms with Crippen LogP contribution < -0.4 is 4.90 Å². The van der Waals surface area contributed by atoms with E-state index in [0.717, 1.165) is 31.5 Å². The van der Waals surface area contributed by atoms with Crippen LogP contribution in [0.1, 0.15) is 29.6 Å². The predicted molar refractivity (Wildman–Crippen MR) is 69.9 cm³/mol. The Morgan fingerprint density at radius 3 is 2.90 bits per heavy atom. The fourth-order valence-electron chi connectivity index (χ4n) is 2.40. The van der Waals surface area contributed by atoms with Crippen LogP contribution in [0.2, 0.25) is 0 Å². The van der Waals surface area contributed by atoms with Gasteiger partial charge in [0.15, 0.2) is 0 Å². The molecule has 0 radical (unpaired) electrons. The zero-order valence-corrected chi connectivity index (χ0v) is 10.7. The first-order chi connectivity index (χ1) is 9.54. The van der Waals surface area contributed by atoms with E-state index < -0.39 is 10.9 Å². The Morgan fingerprint density at radius 2 is 2.30 bits per heavy atom. The lowest BCUT2D eigenvalue weighted by atomic mass is 10.0. The van der Waals surface area contributed by atoms with Crippen LogP contribution in [-0.4, -0.2) is 45.3 Å². The molecule has 108 valence electrons. The molecule has 2 N–H and O–H groups in total. The second-order valence-corrected chi connectivity index (χ2v) is 4.65. The van der Waals surface area contributed by atoms with Gasteiger partial charge >= 0.3 is 5.97 Å². The number of nitro groups is 1. The third-order valence-electron chi connectivity index (χ3n) is 3.40. The van der Waals surface area contributed by atoms with Gasteiger partial charge in [-0.05, 0) is 19.3 Å². The molecule has 1 atom stereocenters. The Bertz CT molecular complexity index is 534. The lowest BCUT2D eigenvalue weighted by Gasteiger charge is -2.36. The molecule has 20 heavy (non-hydrogen) atoms. The lowest BCUT2D eigenvalue weighted by Crippen LogP contribution is -2.43. The van der Waals surface area contributed by atoms with Crippen molar-refractivity contribution in [1.82, 2.24) is 4.98 Å². The first-order valence-electron chi connectivity index (χ1n) is 6.30. The molecule has 8 heteroatoms. The molecule has 2 rings (SSSR count). The Hall–Kier alpha value is -2.22. The molecule has 1 aromatic heterocycles. The first kappa shape index (κ1) is 14.2. The van der Waals surface area contributed by atoms with Crippen molar-refractivity contribution >= 4 is 17.5 Å². The number of piperidine rings is 1. The van der Waals surface area contributed by atoms with Crippen molar-refractivity contribution in [3.63, 3.8) is 0 Å². The van der Waals surface area contributed by atoms with Gasteiger partial charge in [-0.15, -0.1) is 0 Å². The van der Waals surface area contributed by atoms with Crippen molar-refractivity contribution < 1.29 is 19.9 Å². The number of rotatable bonds is 4. The Labute approximate surface area is 114 Å². The first-order valence-corrected chi connectivity index (χ1v) is 6.30. The number of hydrogen-bond acceptors (Lipinski definition) is 6. The fraction of sp³-hybridized carbons (Fsp3) is 0.500. The molecule has 1 unspecified atom stereocenters. The van der Waals surface area contributed by atoms with Gasteiger partial charge < -0.3 is 15.1 Å². The average molecular weight is 281 g/mol. The second-order valence-electron chi connectivity index (χ2n) is 4.65. The standard InChI is InChI=1S/C12H15N3O5/c16-7-8-3-1-2-4-14(8)11-10(12(17)18)5-9(6-13-11)15(19)20/h5-6,8,16H,1-4,7H2,(H,17,18). The molecule has 0 amide bonds. The summed E-state index contributed by atoms with van der Waals surface area (Å²) < 4.78 is 0. The highest BCUT2D eigenvalue weighted by Gasteiger charge is 2.28. The Kier molecular flexibility index (Phi) is 4.14. The Morgan fingerprint density at radius 1 is 1.55 bits per heavy atom. The smallest absolute Gasteiger partial charge is 0.339 e. The molecule has 1 aliphatic rings. The van der Waals surface area contributed by atoms with E-state index in [2.05, 4.69) is 4.98 Å². The van der Waals surface area contributed by atoms with Crippen molar-refractivity contribution in [3.05, 3.63) is 27.9 Å². The zero-order valence-electron chi connectivity index (χ0n) is 10.7. The number of carbonyl (C=O) groups is 1. The molecule has 0 saturated carbocycles. The summed E-state index contributed by atoms with van der Waals surface area (Å²) >= 11 is 0. The molecule has 1 aromatic rings. The van der Waals surface area contributed by atoms with E-state index in [-0.39, 0.29) is 29.7 Å². The molecule has 1 fully saturated rings. The van der Waals surface area contributed by atoms with Gasteiger partial charge in [0.25, 0.3) is 5.69 Å². The van der Waals surface area contributed by atoms with Crippen LogP contribution in [0.3, 0.4) is 0 Å². The van der Waals surface area contributed by atoms with Gasteiger partial charge in [0.1, 0.15) is 17.6 Å². The van der Waals surface area contributed by atoms with E-state index in [1.165, 1.54) is 0 Å². The summed E-state index contributed by atoms with van der Waals surface area (Å²) in [6.45, 7) is 0.480. The monoisotopic (exact) mass is 281 g/mol. The van der Waals surface area contributed by atoms with Crippen molar-refractivity contribution in [3.8, 4) is 0 Å². The summed E-state index contributed by atoms with van der Waals surface area (Å²) in [5, 5.41) is 29.3. The van der Waals surface area contributed by atoms with E-state index in [1.54, 1.807) is 4.90 Å². The number of aromatic carboxylic acids is 1. The Balaban J connectivity index is 2.44. The third kappa shape index (κ3) is 2.69. The summed E-state index contributed by atoms with van der Waals surface area (Å²) in [6.07, 6.45) is 3.62. The number of carboxylic acid groups (broad SMARTS) is 1. The average Bonchev–Trinajstić information content (AvgIpc) is 2.46. The minimum Gasteiger partial charge on any atom is -0.478 e. The number of anilines is 1. The lowest BCUT2D eigenvalue weighted by molar-refractivity contribution is -0.385. The molecular formula is C12H15N3O5. The van der Waals surface area contributed by atoms with Crippen molar-refractivity contribution in [1.29, 1.82) is 0 Å². The summed E-state index contributed by atoms with van der Waals surface area (Å²) in [6, 6.07) is 0.809. The van der Waals surface area contributed by atoms with E-state index in [4.69, 9.17) is 0 Å². The van der Waals surface area contributed by atoms with Gasteiger partial charge in [-0.2, -0.15) is 0 Å². The number of aliphatic hydroxyl groups is 1. The largest absolute Gasteiger partial charge is 0.478 e. The molecular weight excluding hydrogens is 266 g/mol. The van der Waals surface area contributed by atoms with Crippen LogP contribution >= 0.6 is 0 Å². The minimum atomic E-state index is -1.27. The summed E-state index contributed by atoms with van der Waals surface area (Å²) in [4.78, 5) is 27.0. The van der Waals surface area contributed by atoms with Gasteiger partial charge in [-0.3, -0.25) is 10.1 Å². The van der Waals surface area contributed by atoms with Crippen LogP contribution in [0.25, 0.3) is 0 Å². The number of pyridine rings is 1. The zero-order chi connectivity index (χ0) is 14.7. The summed E-state index contributed by atoms with van der Waals surface area (Å²) in [7, 11) is 0. The molecule has 2 heterocycles. The second kappa shape index (κ2) is 5.83. The van der Waals surface area contributed by atoms with Gasteiger partial charge in [0.2, 0.25) is 0 Å². The normalized spacial score (nSPS) is 18.9. The van der Waals surface area contributed by atoms with E-state index in [0.29, 0.717) is 6.54 Å². The van der Waals surface area contributed by atoms with Crippen LogP contribution in [0.15, 0.2) is 12.3 Å².